The van der Waals surface area contributed by atoms with Gasteiger partial charge in [-0.15, -0.1) is 0 Å². The Morgan fingerprint density at radius 1 is 0.676 bits per heavy atom. The standard InChI is InChI=1S/C31H26O6/c1-33-23-13-14-24(28(17-23)36-19-22-11-7-4-8-12-22)26-20-37-30-25(29(26)32)15-16-27(31(30)34-2)35-18-21-9-5-3-6-10-21/h3-17,20H,18-19H2,1-2H3. The summed E-state index contributed by atoms with van der Waals surface area (Å²) in [6, 6.07) is 28.4. The average Bonchev–Trinajstić information content (AvgIpc) is 2.96. The Morgan fingerprint density at radius 3 is 1.95 bits per heavy atom. The van der Waals surface area contributed by atoms with Gasteiger partial charge in [0.15, 0.2) is 11.3 Å². The Morgan fingerprint density at radius 2 is 1.32 bits per heavy atom. The van der Waals surface area contributed by atoms with Crippen LogP contribution >= 0.6 is 0 Å². The first-order chi connectivity index (χ1) is 18.2. The van der Waals surface area contributed by atoms with Gasteiger partial charge >= 0.3 is 0 Å². The molecule has 0 radical (unpaired) electrons. The molecule has 0 saturated heterocycles. The zero-order valence-corrected chi connectivity index (χ0v) is 20.6. The van der Waals surface area contributed by atoms with Crippen molar-refractivity contribution in [2.75, 3.05) is 14.2 Å². The Kier molecular flexibility index (Phi) is 7.08. The predicted octanol–water partition coefficient (Wildman–Crippen LogP) is 6.64. The summed E-state index contributed by atoms with van der Waals surface area (Å²) >= 11 is 0. The van der Waals surface area contributed by atoms with Crippen LogP contribution in [0.5, 0.6) is 23.0 Å². The van der Waals surface area contributed by atoms with Crippen molar-refractivity contribution in [3.63, 3.8) is 0 Å². The second-order valence-corrected chi connectivity index (χ2v) is 8.36. The Bertz CT molecular complexity index is 1560. The first-order valence-electron chi connectivity index (χ1n) is 11.8. The van der Waals surface area contributed by atoms with E-state index in [9.17, 15) is 4.79 Å². The molecule has 0 aliphatic carbocycles. The van der Waals surface area contributed by atoms with Gasteiger partial charge in [0, 0.05) is 11.6 Å². The quantitative estimate of drug-likeness (QED) is 0.229. The van der Waals surface area contributed by atoms with Gasteiger partial charge in [-0.05, 0) is 35.4 Å². The van der Waals surface area contributed by atoms with Gasteiger partial charge in [0.05, 0.1) is 25.2 Å². The highest BCUT2D eigenvalue weighted by Crippen LogP contribution is 2.38. The van der Waals surface area contributed by atoms with E-state index < -0.39 is 0 Å². The summed E-state index contributed by atoms with van der Waals surface area (Å²) in [6.45, 7) is 0.703. The van der Waals surface area contributed by atoms with Crippen LogP contribution in [0.4, 0.5) is 0 Å². The SMILES string of the molecule is COc1ccc(-c2coc3c(OC)c(OCc4ccccc4)ccc3c2=O)c(OCc2ccccc2)c1. The normalized spacial score (nSPS) is 10.8. The van der Waals surface area contributed by atoms with E-state index in [4.69, 9.17) is 23.4 Å². The molecule has 0 N–H and O–H groups in total. The molecule has 6 heteroatoms. The van der Waals surface area contributed by atoms with Crippen molar-refractivity contribution >= 4 is 11.0 Å². The number of benzene rings is 4. The smallest absolute Gasteiger partial charge is 0.204 e. The van der Waals surface area contributed by atoms with Crippen molar-refractivity contribution in [3.8, 4) is 34.1 Å². The van der Waals surface area contributed by atoms with Crippen LogP contribution in [-0.4, -0.2) is 14.2 Å². The monoisotopic (exact) mass is 494 g/mol. The summed E-state index contributed by atoms with van der Waals surface area (Å²) in [4.78, 5) is 13.6. The van der Waals surface area contributed by atoms with Crippen LogP contribution in [-0.2, 0) is 13.2 Å². The van der Waals surface area contributed by atoms with Crippen LogP contribution in [0, 0.1) is 0 Å². The van der Waals surface area contributed by atoms with Crippen LogP contribution in [0.2, 0.25) is 0 Å². The third kappa shape index (κ3) is 5.14. The number of hydrogen-bond acceptors (Lipinski definition) is 6. The van der Waals surface area contributed by atoms with Crippen molar-refractivity contribution in [1.29, 1.82) is 0 Å². The molecule has 0 fully saturated rings. The summed E-state index contributed by atoms with van der Waals surface area (Å²) in [6.07, 6.45) is 1.44. The number of ether oxygens (including phenoxy) is 4. The molecule has 0 bridgehead atoms. The molecule has 6 nitrogen and oxygen atoms in total. The Hall–Kier alpha value is -4.71. The first-order valence-corrected chi connectivity index (χ1v) is 11.8. The zero-order valence-electron chi connectivity index (χ0n) is 20.6. The van der Waals surface area contributed by atoms with Crippen LogP contribution in [0.3, 0.4) is 0 Å². The summed E-state index contributed by atoms with van der Waals surface area (Å²) in [5.41, 5.74) is 3.12. The maximum atomic E-state index is 13.6. The maximum absolute atomic E-state index is 13.6. The highest BCUT2D eigenvalue weighted by atomic mass is 16.5. The molecule has 0 aliphatic heterocycles. The van der Waals surface area contributed by atoms with Gasteiger partial charge in [0.25, 0.3) is 0 Å². The van der Waals surface area contributed by atoms with Crippen molar-refractivity contribution in [3.05, 3.63) is 119 Å². The van der Waals surface area contributed by atoms with Crippen LogP contribution in [0.25, 0.3) is 22.1 Å². The van der Waals surface area contributed by atoms with E-state index in [0.29, 0.717) is 58.3 Å². The minimum atomic E-state index is -0.205. The van der Waals surface area contributed by atoms with E-state index in [0.717, 1.165) is 11.1 Å². The number of fused-ring (bicyclic) bond motifs is 1. The lowest BCUT2D eigenvalue weighted by atomic mass is 10.0. The summed E-state index contributed by atoms with van der Waals surface area (Å²) in [5, 5.41) is 0.381. The number of methoxy groups -OCH3 is 2. The lowest BCUT2D eigenvalue weighted by Crippen LogP contribution is -2.08. The number of rotatable bonds is 9. The van der Waals surface area contributed by atoms with E-state index in [1.807, 2.05) is 60.7 Å². The molecule has 0 spiro atoms. The molecule has 0 amide bonds. The largest absolute Gasteiger partial charge is 0.497 e. The highest BCUT2D eigenvalue weighted by Gasteiger charge is 2.19. The molecular weight excluding hydrogens is 468 g/mol. The second kappa shape index (κ2) is 10.9. The molecule has 0 saturated carbocycles. The fourth-order valence-electron chi connectivity index (χ4n) is 4.09. The molecule has 4 aromatic carbocycles. The van der Waals surface area contributed by atoms with Gasteiger partial charge in [-0.25, -0.2) is 0 Å². The molecule has 37 heavy (non-hydrogen) atoms. The second-order valence-electron chi connectivity index (χ2n) is 8.36. The third-order valence-electron chi connectivity index (χ3n) is 6.02. The highest BCUT2D eigenvalue weighted by molar-refractivity contribution is 5.89. The summed E-state index contributed by atoms with van der Waals surface area (Å²) < 4.78 is 29.0. The van der Waals surface area contributed by atoms with E-state index in [-0.39, 0.29) is 5.43 Å². The fourth-order valence-corrected chi connectivity index (χ4v) is 4.09. The zero-order chi connectivity index (χ0) is 25.6. The Labute approximate surface area is 214 Å². The van der Waals surface area contributed by atoms with E-state index in [2.05, 4.69) is 0 Å². The van der Waals surface area contributed by atoms with Crippen LogP contribution < -0.4 is 24.4 Å². The molecule has 0 unspecified atom stereocenters. The van der Waals surface area contributed by atoms with Gasteiger partial charge in [-0.3, -0.25) is 4.79 Å². The Balaban J connectivity index is 1.51. The van der Waals surface area contributed by atoms with E-state index in [1.54, 1.807) is 37.4 Å². The molecule has 5 aromatic rings. The van der Waals surface area contributed by atoms with Gasteiger partial charge in [0.2, 0.25) is 11.2 Å². The minimum absolute atomic E-state index is 0.205. The van der Waals surface area contributed by atoms with Crippen molar-refractivity contribution < 1.29 is 23.4 Å². The van der Waals surface area contributed by atoms with Crippen LogP contribution in [0.15, 0.2) is 106 Å². The molecule has 1 heterocycles. The van der Waals surface area contributed by atoms with Crippen molar-refractivity contribution in [1.82, 2.24) is 0 Å². The molecule has 1 aromatic heterocycles. The molecule has 5 rings (SSSR count). The van der Waals surface area contributed by atoms with Crippen molar-refractivity contribution in [2.45, 2.75) is 13.2 Å². The maximum Gasteiger partial charge on any atom is 0.204 e. The van der Waals surface area contributed by atoms with Gasteiger partial charge < -0.3 is 23.4 Å². The summed E-state index contributed by atoms with van der Waals surface area (Å²) in [5.74, 6) is 2.00. The third-order valence-corrected chi connectivity index (χ3v) is 6.02. The van der Waals surface area contributed by atoms with Gasteiger partial charge in [-0.2, -0.15) is 0 Å². The van der Waals surface area contributed by atoms with Crippen molar-refractivity contribution in [2.24, 2.45) is 0 Å². The summed E-state index contributed by atoms with van der Waals surface area (Å²) in [7, 11) is 3.11. The number of hydrogen-bond donors (Lipinski definition) is 0. The molecular formula is C31H26O6. The molecule has 186 valence electrons. The average molecular weight is 495 g/mol. The van der Waals surface area contributed by atoms with E-state index in [1.165, 1.54) is 13.4 Å². The topological polar surface area (TPSA) is 67.1 Å². The molecule has 0 aliphatic rings. The van der Waals surface area contributed by atoms with E-state index >= 15 is 0 Å². The minimum Gasteiger partial charge on any atom is -0.497 e. The lowest BCUT2D eigenvalue weighted by molar-refractivity contribution is 0.284. The fraction of sp³-hybridized carbons (Fsp3) is 0.129. The molecule has 0 atom stereocenters. The van der Waals surface area contributed by atoms with Crippen LogP contribution in [0.1, 0.15) is 11.1 Å². The van der Waals surface area contributed by atoms with Gasteiger partial charge in [-0.1, -0.05) is 60.7 Å². The predicted molar refractivity (Wildman–Crippen MR) is 143 cm³/mol. The van der Waals surface area contributed by atoms with Gasteiger partial charge in [0.1, 0.15) is 31.0 Å². The lowest BCUT2D eigenvalue weighted by Gasteiger charge is -2.15. The first kappa shape index (κ1) is 24.0.